The highest BCUT2D eigenvalue weighted by molar-refractivity contribution is 7.92. The monoisotopic (exact) mass is 581 g/mol. The van der Waals surface area contributed by atoms with Crippen LogP contribution in [0.3, 0.4) is 0 Å². The minimum Gasteiger partial charge on any atom is -0.472 e. The minimum atomic E-state index is -3.16. The summed E-state index contributed by atoms with van der Waals surface area (Å²) < 4.78 is 31.7. The van der Waals surface area contributed by atoms with Crippen molar-refractivity contribution in [3.05, 3.63) is 48.7 Å². The topological polar surface area (TPSA) is 106 Å². The SMILES string of the molecule is C=C[C@@H]1C[C@@]1(CCS(=O)(=O)C1CC1)NC(=O)[C@@H]1C[C@@H](Oc2ncc(C)c3ccccc23)CN1C(=O)[C@@H](C)C(C)(C)C. The normalized spacial score (nSPS) is 27.0. The summed E-state index contributed by atoms with van der Waals surface area (Å²) in [5.74, 6) is -0.116. The van der Waals surface area contributed by atoms with E-state index < -0.39 is 27.5 Å². The molecule has 8 nitrogen and oxygen atoms in total. The minimum absolute atomic E-state index is 0.00933. The Morgan fingerprint density at radius 3 is 2.54 bits per heavy atom. The summed E-state index contributed by atoms with van der Waals surface area (Å²) >= 11 is 0. The lowest BCUT2D eigenvalue weighted by Crippen LogP contribution is -2.52. The molecule has 1 aromatic carbocycles. The van der Waals surface area contributed by atoms with Crippen LogP contribution in [0, 0.1) is 24.2 Å². The third-order valence-corrected chi connectivity index (χ3v) is 11.7. The number of sulfone groups is 1. The van der Waals surface area contributed by atoms with Gasteiger partial charge in [0.2, 0.25) is 17.7 Å². The summed E-state index contributed by atoms with van der Waals surface area (Å²) in [4.78, 5) is 33.9. The third kappa shape index (κ3) is 6.01. The molecule has 1 N–H and O–H groups in total. The Morgan fingerprint density at radius 2 is 1.93 bits per heavy atom. The second kappa shape index (κ2) is 10.7. The first-order chi connectivity index (χ1) is 19.3. The van der Waals surface area contributed by atoms with E-state index >= 15 is 0 Å². The quantitative estimate of drug-likeness (QED) is 0.411. The Morgan fingerprint density at radius 1 is 1.24 bits per heavy atom. The van der Waals surface area contributed by atoms with E-state index in [0.717, 1.165) is 29.2 Å². The van der Waals surface area contributed by atoms with Crippen molar-refractivity contribution < 1.29 is 22.7 Å². The number of fused-ring (bicyclic) bond motifs is 1. The number of ether oxygens (including phenoxy) is 1. The van der Waals surface area contributed by atoms with Gasteiger partial charge in [-0.1, -0.05) is 52.0 Å². The second-order valence-corrected chi connectivity index (χ2v) is 15.8. The average molecular weight is 582 g/mol. The predicted octanol–water partition coefficient (Wildman–Crippen LogP) is 4.60. The molecule has 41 heavy (non-hydrogen) atoms. The number of amides is 2. The van der Waals surface area contributed by atoms with Crippen LogP contribution in [-0.4, -0.2) is 65.3 Å². The molecule has 3 fully saturated rings. The molecule has 1 aliphatic heterocycles. The van der Waals surface area contributed by atoms with Crippen molar-refractivity contribution in [1.29, 1.82) is 0 Å². The number of carbonyl (C=O) groups is 2. The summed E-state index contributed by atoms with van der Waals surface area (Å²) in [5.41, 5.74) is 0.121. The van der Waals surface area contributed by atoms with E-state index in [1.807, 2.05) is 58.9 Å². The van der Waals surface area contributed by atoms with E-state index in [-0.39, 0.29) is 46.6 Å². The highest BCUT2D eigenvalue weighted by atomic mass is 32.2. The molecule has 2 aliphatic carbocycles. The maximum Gasteiger partial charge on any atom is 0.243 e. The van der Waals surface area contributed by atoms with E-state index in [1.165, 1.54) is 0 Å². The first-order valence-corrected chi connectivity index (χ1v) is 16.4. The van der Waals surface area contributed by atoms with Crippen LogP contribution in [0.4, 0.5) is 0 Å². The number of likely N-dealkylation sites (tertiary alicyclic amines) is 1. The molecule has 0 radical (unpaired) electrons. The molecule has 5 rings (SSSR count). The smallest absolute Gasteiger partial charge is 0.243 e. The number of pyridine rings is 1. The zero-order valence-electron chi connectivity index (χ0n) is 24.9. The van der Waals surface area contributed by atoms with Gasteiger partial charge in [0.1, 0.15) is 12.1 Å². The van der Waals surface area contributed by atoms with Crippen LogP contribution in [0.2, 0.25) is 0 Å². The molecule has 0 spiro atoms. The standard InChI is InChI=1S/C32H43N3O5S/c1-7-22-17-32(22,14-15-41(38,39)24-12-13-24)34-28(36)27-16-23(19-35(27)30(37)21(3)31(4,5)6)40-29-26-11-9-8-10-25(26)20(2)18-33-29/h7-11,18,21-24,27H,1,12-17,19H2,2-6H3,(H,34,36)/t21-,22-,23-,27+,32-/m1/s1. The van der Waals surface area contributed by atoms with Gasteiger partial charge in [-0.05, 0) is 55.0 Å². The van der Waals surface area contributed by atoms with Crippen molar-refractivity contribution in [2.24, 2.45) is 17.3 Å². The van der Waals surface area contributed by atoms with Gasteiger partial charge in [-0.2, -0.15) is 0 Å². The number of nitrogens with zero attached hydrogens (tertiary/aromatic N) is 2. The fourth-order valence-electron chi connectivity index (χ4n) is 5.94. The predicted molar refractivity (Wildman–Crippen MR) is 160 cm³/mol. The number of aryl methyl sites for hydroxylation is 1. The summed E-state index contributed by atoms with van der Waals surface area (Å²) in [6.45, 7) is 14.1. The number of benzene rings is 1. The molecule has 5 atom stereocenters. The highest BCUT2D eigenvalue weighted by Gasteiger charge is 2.56. The number of rotatable bonds is 10. The Bertz CT molecular complexity index is 1460. The number of aromatic nitrogens is 1. The van der Waals surface area contributed by atoms with Crippen LogP contribution in [0.5, 0.6) is 5.88 Å². The number of hydrogen-bond acceptors (Lipinski definition) is 6. The van der Waals surface area contributed by atoms with Crippen molar-refractivity contribution in [2.45, 2.75) is 89.7 Å². The number of carbonyl (C=O) groups excluding carboxylic acids is 2. The largest absolute Gasteiger partial charge is 0.472 e. The molecule has 2 aromatic rings. The van der Waals surface area contributed by atoms with Crippen molar-refractivity contribution in [1.82, 2.24) is 15.2 Å². The van der Waals surface area contributed by atoms with Gasteiger partial charge in [-0.25, -0.2) is 13.4 Å². The van der Waals surface area contributed by atoms with Gasteiger partial charge in [-0.3, -0.25) is 9.59 Å². The lowest BCUT2D eigenvalue weighted by atomic mass is 9.81. The highest BCUT2D eigenvalue weighted by Crippen LogP contribution is 2.48. The van der Waals surface area contributed by atoms with Crippen LogP contribution in [0.15, 0.2) is 43.1 Å². The van der Waals surface area contributed by atoms with Crippen molar-refractivity contribution in [3.63, 3.8) is 0 Å². The fourth-order valence-corrected chi connectivity index (χ4v) is 7.77. The van der Waals surface area contributed by atoms with Gasteiger partial charge < -0.3 is 15.0 Å². The molecular weight excluding hydrogens is 538 g/mol. The lowest BCUT2D eigenvalue weighted by molar-refractivity contribution is -0.144. The second-order valence-electron chi connectivity index (χ2n) is 13.4. The third-order valence-electron chi connectivity index (χ3n) is 9.41. The number of nitrogens with one attached hydrogen (secondary N) is 1. The zero-order valence-corrected chi connectivity index (χ0v) is 25.7. The molecule has 3 aliphatic rings. The Kier molecular flexibility index (Phi) is 7.72. The first-order valence-electron chi connectivity index (χ1n) is 14.7. The van der Waals surface area contributed by atoms with Gasteiger partial charge in [-0.15, -0.1) is 6.58 Å². The summed E-state index contributed by atoms with van der Waals surface area (Å²) in [7, 11) is -3.16. The first kappa shape index (κ1) is 29.5. The fraction of sp³-hybridized carbons (Fsp3) is 0.594. The van der Waals surface area contributed by atoms with Gasteiger partial charge in [0, 0.05) is 35.4 Å². The van der Waals surface area contributed by atoms with Gasteiger partial charge in [0.25, 0.3) is 0 Å². The Balaban J connectivity index is 1.37. The van der Waals surface area contributed by atoms with Crippen LogP contribution in [0.25, 0.3) is 10.8 Å². The van der Waals surface area contributed by atoms with Crippen LogP contribution in [-0.2, 0) is 19.4 Å². The van der Waals surface area contributed by atoms with Crippen molar-refractivity contribution >= 4 is 32.4 Å². The molecule has 1 saturated heterocycles. The van der Waals surface area contributed by atoms with Crippen molar-refractivity contribution in [3.8, 4) is 5.88 Å². The van der Waals surface area contributed by atoms with Crippen LogP contribution < -0.4 is 10.1 Å². The summed E-state index contributed by atoms with van der Waals surface area (Å²) in [6.07, 6.45) is 5.95. The number of hydrogen-bond donors (Lipinski definition) is 1. The van der Waals surface area contributed by atoms with E-state index in [2.05, 4.69) is 16.9 Å². The van der Waals surface area contributed by atoms with Gasteiger partial charge >= 0.3 is 0 Å². The Labute approximate surface area is 243 Å². The van der Waals surface area contributed by atoms with Gasteiger partial charge in [0.05, 0.1) is 17.5 Å². The molecule has 9 heteroatoms. The maximum absolute atomic E-state index is 13.9. The van der Waals surface area contributed by atoms with E-state index in [1.54, 1.807) is 17.2 Å². The molecule has 2 heterocycles. The van der Waals surface area contributed by atoms with E-state index in [0.29, 0.717) is 25.1 Å². The zero-order chi connectivity index (χ0) is 29.7. The van der Waals surface area contributed by atoms with Crippen LogP contribution in [0.1, 0.15) is 65.4 Å². The molecule has 2 saturated carbocycles. The van der Waals surface area contributed by atoms with Crippen LogP contribution >= 0.6 is 0 Å². The molecule has 2 amide bonds. The maximum atomic E-state index is 13.9. The molecule has 1 aromatic heterocycles. The molecule has 0 unspecified atom stereocenters. The van der Waals surface area contributed by atoms with Gasteiger partial charge in [0.15, 0.2) is 9.84 Å². The lowest BCUT2D eigenvalue weighted by Gasteiger charge is -2.33. The molecular formula is C32H43N3O5S. The van der Waals surface area contributed by atoms with E-state index in [4.69, 9.17) is 4.74 Å². The average Bonchev–Trinajstić information content (AvgIpc) is 3.85. The van der Waals surface area contributed by atoms with E-state index in [9.17, 15) is 18.0 Å². The summed E-state index contributed by atoms with van der Waals surface area (Å²) in [5, 5.41) is 4.89. The van der Waals surface area contributed by atoms with Crippen molar-refractivity contribution in [2.75, 3.05) is 12.3 Å². The molecule has 0 bridgehead atoms. The molecule has 222 valence electrons. The summed E-state index contributed by atoms with van der Waals surface area (Å²) in [6, 6.07) is 7.19. The Hall–Kier alpha value is -2.94.